The Labute approximate surface area is 106 Å². The molecule has 0 aliphatic carbocycles. The van der Waals surface area contributed by atoms with Gasteiger partial charge < -0.3 is 20.3 Å². The first-order valence-corrected chi connectivity index (χ1v) is 5.83. The number of nitrogens with one attached hydrogen (secondary N) is 2. The summed E-state index contributed by atoms with van der Waals surface area (Å²) in [5, 5.41) is 12.0. The number of hydrogen-bond acceptors (Lipinski definition) is 5. The van der Waals surface area contributed by atoms with Gasteiger partial charge in [0.2, 0.25) is 0 Å². The summed E-state index contributed by atoms with van der Waals surface area (Å²) in [6, 6.07) is 3.81. The van der Waals surface area contributed by atoms with Crippen LogP contribution in [0.25, 0.3) is 0 Å². The minimum Gasteiger partial charge on any atom is -0.396 e. The van der Waals surface area contributed by atoms with Crippen LogP contribution in [-0.2, 0) is 0 Å². The van der Waals surface area contributed by atoms with Crippen molar-refractivity contribution in [3.05, 3.63) is 30.9 Å². The molecule has 0 bridgehead atoms. The molecule has 3 N–H and O–H groups in total. The summed E-state index contributed by atoms with van der Waals surface area (Å²) < 4.78 is 0. The quantitative estimate of drug-likeness (QED) is 0.718. The lowest BCUT2D eigenvalue weighted by atomic mass is 10.4. The average molecular weight is 247 g/mol. The summed E-state index contributed by atoms with van der Waals surface area (Å²) in [5.74, 6) is 1.58. The van der Waals surface area contributed by atoms with Crippen molar-refractivity contribution in [2.45, 2.75) is 6.42 Å². The molecule has 0 radical (unpaired) electrons. The van der Waals surface area contributed by atoms with Crippen molar-refractivity contribution in [3.63, 3.8) is 0 Å². The predicted molar refractivity (Wildman–Crippen MR) is 71.1 cm³/mol. The van der Waals surface area contributed by atoms with Crippen molar-refractivity contribution in [2.24, 2.45) is 0 Å². The summed E-state index contributed by atoms with van der Waals surface area (Å²) in [7, 11) is 1.94. The largest absolute Gasteiger partial charge is 0.396 e. The zero-order chi connectivity index (χ0) is 12.8. The molecular formula is C12H17N5O. The molecule has 0 aromatic carbocycles. The van der Waals surface area contributed by atoms with E-state index < -0.39 is 0 Å². The number of aromatic amines is 1. The van der Waals surface area contributed by atoms with E-state index in [1.165, 1.54) is 6.33 Å². The maximum absolute atomic E-state index is 8.81. The minimum absolute atomic E-state index is 0.184. The highest BCUT2D eigenvalue weighted by molar-refractivity contribution is 5.58. The van der Waals surface area contributed by atoms with E-state index in [0.29, 0.717) is 0 Å². The second kappa shape index (κ2) is 6.02. The molecule has 96 valence electrons. The SMILES string of the molecule is CN(CCCO)c1cc(Nc2cc[nH]c2)ncn1. The van der Waals surface area contributed by atoms with Gasteiger partial charge in [-0.05, 0) is 12.5 Å². The highest BCUT2D eigenvalue weighted by atomic mass is 16.3. The molecule has 0 unspecified atom stereocenters. The second-order valence-electron chi connectivity index (χ2n) is 3.98. The second-order valence-corrected chi connectivity index (χ2v) is 3.98. The van der Waals surface area contributed by atoms with E-state index in [0.717, 1.165) is 30.3 Å². The summed E-state index contributed by atoms with van der Waals surface area (Å²) in [6.07, 6.45) is 5.95. The molecule has 2 heterocycles. The van der Waals surface area contributed by atoms with Gasteiger partial charge in [-0.3, -0.25) is 0 Å². The highest BCUT2D eigenvalue weighted by Gasteiger charge is 2.04. The molecule has 18 heavy (non-hydrogen) atoms. The number of anilines is 3. The fourth-order valence-corrected chi connectivity index (χ4v) is 1.60. The number of hydrogen-bond donors (Lipinski definition) is 3. The highest BCUT2D eigenvalue weighted by Crippen LogP contribution is 2.17. The lowest BCUT2D eigenvalue weighted by Crippen LogP contribution is -2.20. The number of aliphatic hydroxyl groups is 1. The van der Waals surface area contributed by atoms with Gasteiger partial charge in [0.1, 0.15) is 18.0 Å². The van der Waals surface area contributed by atoms with Crippen molar-refractivity contribution in [2.75, 3.05) is 30.4 Å². The summed E-state index contributed by atoms with van der Waals surface area (Å²) in [4.78, 5) is 13.3. The molecule has 0 fully saturated rings. The Hall–Kier alpha value is -2.08. The van der Waals surface area contributed by atoms with Gasteiger partial charge in [-0.15, -0.1) is 0 Å². The van der Waals surface area contributed by atoms with E-state index in [2.05, 4.69) is 20.3 Å². The first-order chi connectivity index (χ1) is 8.79. The van der Waals surface area contributed by atoms with E-state index in [9.17, 15) is 0 Å². The van der Waals surface area contributed by atoms with E-state index in [4.69, 9.17) is 5.11 Å². The monoisotopic (exact) mass is 247 g/mol. The molecule has 2 aromatic heterocycles. The van der Waals surface area contributed by atoms with E-state index in [-0.39, 0.29) is 6.61 Å². The zero-order valence-electron chi connectivity index (χ0n) is 10.3. The summed E-state index contributed by atoms with van der Waals surface area (Å²) >= 11 is 0. The van der Waals surface area contributed by atoms with Crippen molar-refractivity contribution in [3.8, 4) is 0 Å². The van der Waals surface area contributed by atoms with Gasteiger partial charge in [-0.1, -0.05) is 0 Å². The molecule has 0 atom stereocenters. The molecule has 0 amide bonds. The molecule has 0 saturated carbocycles. The number of nitrogens with zero attached hydrogens (tertiary/aromatic N) is 3. The topological polar surface area (TPSA) is 77.1 Å². The number of aliphatic hydroxyl groups excluding tert-OH is 1. The average Bonchev–Trinajstić information content (AvgIpc) is 2.89. The van der Waals surface area contributed by atoms with Crippen LogP contribution >= 0.6 is 0 Å². The maximum Gasteiger partial charge on any atom is 0.135 e. The molecule has 0 aliphatic rings. The smallest absolute Gasteiger partial charge is 0.135 e. The molecule has 0 spiro atoms. The Balaban J connectivity index is 2.05. The fraction of sp³-hybridized carbons (Fsp3) is 0.333. The van der Waals surface area contributed by atoms with E-state index >= 15 is 0 Å². The van der Waals surface area contributed by atoms with Gasteiger partial charge in [0, 0.05) is 38.7 Å². The lowest BCUT2D eigenvalue weighted by Gasteiger charge is -2.17. The van der Waals surface area contributed by atoms with Crippen LogP contribution in [0.2, 0.25) is 0 Å². The molecule has 6 nitrogen and oxygen atoms in total. The maximum atomic E-state index is 8.81. The van der Waals surface area contributed by atoms with Crippen molar-refractivity contribution >= 4 is 17.3 Å². The third-order valence-electron chi connectivity index (χ3n) is 2.57. The summed E-state index contributed by atoms with van der Waals surface area (Å²) in [6.45, 7) is 0.945. The van der Waals surface area contributed by atoms with Crippen LogP contribution < -0.4 is 10.2 Å². The molecule has 2 aromatic rings. The van der Waals surface area contributed by atoms with Crippen LogP contribution in [0, 0.1) is 0 Å². The first kappa shape index (κ1) is 12.4. The Morgan fingerprint density at radius 3 is 3.06 bits per heavy atom. The van der Waals surface area contributed by atoms with Crippen LogP contribution in [0.1, 0.15) is 6.42 Å². The van der Waals surface area contributed by atoms with Crippen LogP contribution in [0.5, 0.6) is 0 Å². The Morgan fingerprint density at radius 1 is 1.44 bits per heavy atom. The molecule has 0 aliphatic heterocycles. The van der Waals surface area contributed by atoms with Crippen LogP contribution in [0.4, 0.5) is 17.3 Å². The van der Waals surface area contributed by atoms with Crippen LogP contribution in [-0.4, -0.2) is 40.3 Å². The van der Waals surface area contributed by atoms with Crippen molar-refractivity contribution < 1.29 is 5.11 Å². The van der Waals surface area contributed by atoms with Crippen molar-refractivity contribution in [1.29, 1.82) is 0 Å². The zero-order valence-corrected chi connectivity index (χ0v) is 10.3. The molecular weight excluding hydrogens is 230 g/mol. The predicted octanol–water partition coefficient (Wildman–Crippen LogP) is 1.37. The third-order valence-corrected chi connectivity index (χ3v) is 2.57. The normalized spacial score (nSPS) is 10.3. The van der Waals surface area contributed by atoms with E-state index in [1.807, 2.05) is 36.5 Å². The first-order valence-electron chi connectivity index (χ1n) is 5.83. The van der Waals surface area contributed by atoms with Gasteiger partial charge in [-0.2, -0.15) is 0 Å². The van der Waals surface area contributed by atoms with Crippen LogP contribution in [0.15, 0.2) is 30.9 Å². The Bertz CT molecular complexity index is 471. The summed E-state index contributed by atoms with van der Waals surface area (Å²) in [5.41, 5.74) is 0.956. The van der Waals surface area contributed by atoms with Crippen LogP contribution in [0.3, 0.4) is 0 Å². The number of H-pyrrole nitrogens is 1. The Morgan fingerprint density at radius 2 is 2.33 bits per heavy atom. The Kier molecular flexibility index (Phi) is 4.14. The van der Waals surface area contributed by atoms with Gasteiger partial charge in [0.15, 0.2) is 0 Å². The molecule has 0 saturated heterocycles. The molecule has 2 rings (SSSR count). The number of rotatable bonds is 6. The van der Waals surface area contributed by atoms with Gasteiger partial charge >= 0.3 is 0 Å². The number of aromatic nitrogens is 3. The minimum atomic E-state index is 0.184. The third kappa shape index (κ3) is 3.21. The van der Waals surface area contributed by atoms with Crippen molar-refractivity contribution in [1.82, 2.24) is 15.0 Å². The molecule has 6 heteroatoms. The lowest BCUT2D eigenvalue weighted by molar-refractivity contribution is 0.290. The van der Waals surface area contributed by atoms with Gasteiger partial charge in [0.05, 0.1) is 5.69 Å². The van der Waals surface area contributed by atoms with Gasteiger partial charge in [0.25, 0.3) is 0 Å². The van der Waals surface area contributed by atoms with Gasteiger partial charge in [-0.25, -0.2) is 9.97 Å². The van der Waals surface area contributed by atoms with E-state index in [1.54, 1.807) is 0 Å². The standard InChI is InChI=1S/C12H17N5O/c1-17(5-2-6-18)12-7-11(14-9-15-12)16-10-3-4-13-8-10/h3-4,7-9,13,18H,2,5-6H2,1H3,(H,14,15,16). The fourth-order valence-electron chi connectivity index (χ4n) is 1.60.